The first-order chi connectivity index (χ1) is 15.1. The molecule has 1 amide bonds. The van der Waals surface area contributed by atoms with Crippen LogP contribution < -0.4 is 15.7 Å². The standard InChI is InChI=1S/C23H29NO8/c1-6-7-8-16(25)24-14-11-13-9-10-15(12(2)19(13)31-21(14)28)30-22-18(27)17(26)20(29-5)23(3,4)32-22/h6,9-11,17-18,20,22,26-27H,1,7-8H2,2-5H3,(H,24,25)/t17-,18+,20+,22+/m0/s1. The topological polar surface area (TPSA) is 127 Å². The van der Waals surface area contributed by atoms with Gasteiger partial charge in [-0.1, -0.05) is 6.08 Å². The highest BCUT2D eigenvalue weighted by Gasteiger charge is 2.50. The number of aryl methyl sites for hydroxylation is 1. The molecule has 4 atom stereocenters. The van der Waals surface area contributed by atoms with E-state index in [1.165, 1.54) is 13.2 Å². The third-order valence-corrected chi connectivity index (χ3v) is 5.49. The van der Waals surface area contributed by atoms with Gasteiger partial charge in [-0.25, -0.2) is 4.79 Å². The number of carbonyl (C=O) groups excluding carboxylic acids is 1. The number of hydrogen-bond acceptors (Lipinski definition) is 8. The van der Waals surface area contributed by atoms with Crippen molar-refractivity contribution in [3.63, 3.8) is 0 Å². The highest BCUT2D eigenvalue weighted by Crippen LogP contribution is 2.35. The summed E-state index contributed by atoms with van der Waals surface area (Å²) in [5.41, 5.74) is -0.800. The fourth-order valence-electron chi connectivity index (χ4n) is 3.80. The molecule has 1 aliphatic heterocycles. The number of methoxy groups -OCH3 is 1. The quantitative estimate of drug-likeness (QED) is 0.436. The minimum Gasteiger partial charge on any atom is -0.462 e. The van der Waals surface area contributed by atoms with Crippen molar-refractivity contribution in [2.45, 2.75) is 63.8 Å². The number of allylic oxidation sites excluding steroid dienone is 1. The van der Waals surface area contributed by atoms with Crippen LogP contribution in [0.4, 0.5) is 5.69 Å². The number of aliphatic hydroxyl groups excluding tert-OH is 2. The Morgan fingerprint density at radius 3 is 2.69 bits per heavy atom. The van der Waals surface area contributed by atoms with Crippen molar-refractivity contribution in [2.24, 2.45) is 0 Å². The third-order valence-electron chi connectivity index (χ3n) is 5.49. The lowest BCUT2D eigenvalue weighted by molar-refractivity contribution is -0.306. The van der Waals surface area contributed by atoms with E-state index in [1.807, 2.05) is 0 Å². The molecule has 0 saturated carbocycles. The molecule has 1 aromatic carbocycles. The summed E-state index contributed by atoms with van der Waals surface area (Å²) < 4.78 is 22.4. The maximum Gasteiger partial charge on any atom is 0.360 e. The maximum absolute atomic E-state index is 12.4. The van der Waals surface area contributed by atoms with Gasteiger partial charge in [0.15, 0.2) is 0 Å². The Bertz CT molecular complexity index is 1060. The smallest absolute Gasteiger partial charge is 0.360 e. The molecule has 1 aliphatic rings. The predicted octanol–water partition coefficient (Wildman–Crippen LogP) is 2.26. The lowest BCUT2D eigenvalue weighted by Gasteiger charge is -2.46. The van der Waals surface area contributed by atoms with Crippen LogP contribution >= 0.6 is 0 Å². The van der Waals surface area contributed by atoms with E-state index in [1.54, 1.807) is 39.0 Å². The molecule has 0 aliphatic carbocycles. The van der Waals surface area contributed by atoms with Crippen LogP contribution in [0, 0.1) is 6.92 Å². The van der Waals surface area contributed by atoms with Crippen LogP contribution in [-0.4, -0.2) is 53.4 Å². The predicted molar refractivity (Wildman–Crippen MR) is 118 cm³/mol. The molecule has 0 unspecified atom stereocenters. The van der Waals surface area contributed by atoms with E-state index in [-0.39, 0.29) is 23.6 Å². The highest BCUT2D eigenvalue weighted by atomic mass is 16.7. The van der Waals surface area contributed by atoms with Crippen LogP contribution in [-0.2, 0) is 14.3 Å². The Balaban J connectivity index is 1.87. The lowest BCUT2D eigenvalue weighted by atomic mass is 9.89. The van der Waals surface area contributed by atoms with Crippen molar-refractivity contribution in [3.8, 4) is 5.75 Å². The summed E-state index contributed by atoms with van der Waals surface area (Å²) in [5, 5.41) is 24.0. The van der Waals surface area contributed by atoms with E-state index >= 15 is 0 Å². The van der Waals surface area contributed by atoms with Crippen LogP contribution in [0.1, 0.15) is 32.3 Å². The number of nitrogens with one attached hydrogen (secondary N) is 1. The van der Waals surface area contributed by atoms with Gasteiger partial charge in [-0.2, -0.15) is 0 Å². The summed E-state index contributed by atoms with van der Waals surface area (Å²) in [6, 6.07) is 4.83. The third kappa shape index (κ3) is 4.71. The molecule has 0 bridgehead atoms. The van der Waals surface area contributed by atoms with E-state index in [0.717, 1.165) is 0 Å². The van der Waals surface area contributed by atoms with Gasteiger partial charge >= 0.3 is 5.63 Å². The van der Waals surface area contributed by atoms with Crippen LogP contribution in [0.3, 0.4) is 0 Å². The van der Waals surface area contributed by atoms with Crippen molar-refractivity contribution >= 4 is 22.6 Å². The number of fused-ring (bicyclic) bond motifs is 1. The van der Waals surface area contributed by atoms with E-state index < -0.39 is 35.8 Å². The molecular formula is C23H29NO8. The molecule has 1 aromatic heterocycles. The average molecular weight is 447 g/mol. The second-order valence-corrected chi connectivity index (χ2v) is 8.28. The Labute approximate surface area is 185 Å². The van der Waals surface area contributed by atoms with E-state index in [4.69, 9.17) is 18.6 Å². The number of aliphatic hydroxyl groups is 2. The maximum atomic E-state index is 12.4. The minimum absolute atomic E-state index is 0.0427. The number of ether oxygens (including phenoxy) is 3. The molecule has 174 valence electrons. The molecule has 3 N–H and O–H groups in total. The second kappa shape index (κ2) is 9.41. The largest absolute Gasteiger partial charge is 0.462 e. The normalized spacial score (nSPS) is 24.8. The Morgan fingerprint density at radius 2 is 2.03 bits per heavy atom. The number of carbonyl (C=O) groups is 1. The second-order valence-electron chi connectivity index (χ2n) is 8.28. The molecule has 0 spiro atoms. The molecule has 0 radical (unpaired) electrons. The Morgan fingerprint density at radius 1 is 1.31 bits per heavy atom. The summed E-state index contributed by atoms with van der Waals surface area (Å²) in [5.74, 6) is -0.00136. The van der Waals surface area contributed by atoms with E-state index in [0.29, 0.717) is 23.1 Å². The molecule has 1 saturated heterocycles. The van der Waals surface area contributed by atoms with Gasteiger partial charge in [0.05, 0.1) is 5.60 Å². The van der Waals surface area contributed by atoms with Crippen LogP contribution in [0.5, 0.6) is 5.75 Å². The summed E-state index contributed by atoms with van der Waals surface area (Å²) in [7, 11) is 1.43. The van der Waals surface area contributed by atoms with Gasteiger partial charge in [0, 0.05) is 24.5 Å². The summed E-state index contributed by atoms with van der Waals surface area (Å²) >= 11 is 0. The lowest BCUT2D eigenvalue weighted by Crippen LogP contribution is -2.63. The van der Waals surface area contributed by atoms with Gasteiger partial charge in [0.2, 0.25) is 12.2 Å². The molecule has 2 heterocycles. The van der Waals surface area contributed by atoms with Crippen molar-refractivity contribution < 1.29 is 33.6 Å². The van der Waals surface area contributed by atoms with E-state index in [9.17, 15) is 19.8 Å². The molecule has 1 fully saturated rings. The van der Waals surface area contributed by atoms with Crippen LogP contribution in [0.25, 0.3) is 11.0 Å². The van der Waals surface area contributed by atoms with Gasteiger partial charge in [0.1, 0.15) is 35.3 Å². The molecule has 9 nitrogen and oxygen atoms in total. The van der Waals surface area contributed by atoms with Gasteiger partial charge in [0.25, 0.3) is 0 Å². The Hall–Kier alpha value is -2.72. The molecule has 32 heavy (non-hydrogen) atoms. The minimum atomic E-state index is -1.36. The zero-order chi connectivity index (χ0) is 23.6. The molecule has 2 aromatic rings. The number of anilines is 1. The monoisotopic (exact) mass is 447 g/mol. The van der Waals surface area contributed by atoms with Crippen molar-refractivity contribution in [3.05, 3.63) is 46.8 Å². The number of benzene rings is 1. The van der Waals surface area contributed by atoms with Gasteiger partial charge in [-0.05, 0) is 45.4 Å². The highest BCUT2D eigenvalue weighted by molar-refractivity contribution is 5.93. The van der Waals surface area contributed by atoms with Gasteiger partial charge in [-0.3, -0.25) is 4.79 Å². The fraction of sp³-hybridized carbons (Fsp3) is 0.478. The zero-order valence-electron chi connectivity index (χ0n) is 18.6. The van der Waals surface area contributed by atoms with Gasteiger partial charge in [-0.15, -0.1) is 6.58 Å². The first-order valence-electron chi connectivity index (χ1n) is 10.3. The summed E-state index contributed by atoms with van der Waals surface area (Å²) in [4.78, 5) is 24.3. The van der Waals surface area contributed by atoms with Crippen molar-refractivity contribution in [1.29, 1.82) is 0 Å². The molecule has 9 heteroatoms. The fourth-order valence-corrected chi connectivity index (χ4v) is 3.80. The van der Waals surface area contributed by atoms with Crippen molar-refractivity contribution in [1.82, 2.24) is 0 Å². The SMILES string of the molecule is C=CCCC(=O)Nc1cc2ccc(O[C@@H]3OC(C)(C)[C@H](OC)[C@@H](O)[C@H]3O)c(C)c2oc1=O. The summed E-state index contributed by atoms with van der Waals surface area (Å²) in [6.45, 7) is 8.71. The first kappa shape index (κ1) is 23.9. The number of amides is 1. The number of rotatable bonds is 7. The Kier molecular flexibility index (Phi) is 7.04. The van der Waals surface area contributed by atoms with Crippen molar-refractivity contribution in [2.75, 3.05) is 12.4 Å². The van der Waals surface area contributed by atoms with E-state index in [2.05, 4.69) is 11.9 Å². The molecular weight excluding hydrogens is 418 g/mol. The summed E-state index contributed by atoms with van der Waals surface area (Å²) in [6.07, 6.45) is -2.16. The van der Waals surface area contributed by atoms with Gasteiger partial charge < -0.3 is 34.2 Å². The number of hydrogen-bond donors (Lipinski definition) is 3. The zero-order valence-corrected chi connectivity index (χ0v) is 18.6. The average Bonchev–Trinajstić information content (AvgIpc) is 2.73. The molecule has 3 rings (SSSR count). The van der Waals surface area contributed by atoms with Crippen LogP contribution in [0.15, 0.2) is 40.1 Å². The van der Waals surface area contributed by atoms with Crippen LogP contribution in [0.2, 0.25) is 0 Å². The first-order valence-corrected chi connectivity index (χ1v) is 10.3.